The fraction of sp³-hybridized carbons (Fsp3) is 0.472. The number of halogens is 1. The molecule has 0 radical (unpaired) electrons. The van der Waals surface area contributed by atoms with Gasteiger partial charge in [0.1, 0.15) is 17.7 Å². The number of hydrogen-bond acceptors (Lipinski definition) is 7. The van der Waals surface area contributed by atoms with Crippen LogP contribution in [0.4, 0.5) is 33.1 Å². The lowest BCUT2D eigenvalue weighted by Crippen LogP contribution is -2.52. The Kier molecular flexibility index (Phi) is 8.66. The fourth-order valence-corrected chi connectivity index (χ4v) is 7.31. The highest BCUT2D eigenvalue weighted by Gasteiger charge is 2.36. The predicted octanol–water partition coefficient (Wildman–Crippen LogP) is 5.54. The quantitative estimate of drug-likeness (QED) is 0.340. The Morgan fingerprint density at radius 1 is 0.935 bits per heavy atom. The largest absolute Gasteiger partial charge is 0.349 e. The van der Waals surface area contributed by atoms with Gasteiger partial charge in [-0.3, -0.25) is 14.5 Å². The summed E-state index contributed by atoms with van der Waals surface area (Å²) in [6.45, 7) is 7.85. The summed E-state index contributed by atoms with van der Waals surface area (Å²) < 4.78 is 13.7. The molecular formula is C36H44FN7O2. The van der Waals surface area contributed by atoms with Crippen LogP contribution in [0.2, 0.25) is 0 Å². The number of benzene rings is 2. The summed E-state index contributed by atoms with van der Waals surface area (Å²) in [6, 6.07) is 17.5. The summed E-state index contributed by atoms with van der Waals surface area (Å²) in [6.07, 6.45) is 7.12. The third-order valence-corrected chi connectivity index (χ3v) is 10.2. The van der Waals surface area contributed by atoms with Gasteiger partial charge in [-0.05, 0) is 106 Å². The molecule has 2 aromatic carbocycles. The van der Waals surface area contributed by atoms with Crippen molar-refractivity contribution >= 4 is 40.5 Å². The molecule has 0 unspecified atom stereocenters. The van der Waals surface area contributed by atoms with Crippen molar-refractivity contribution in [2.75, 3.05) is 54.9 Å². The zero-order valence-electron chi connectivity index (χ0n) is 26.8. The number of fused-ring (bicyclic) bond motifs is 1. The zero-order valence-corrected chi connectivity index (χ0v) is 26.8. The van der Waals surface area contributed by atoms with E-state index in [4.69, 9.17) is 4.98 Å². The summed E-state index contributed by atoms with van der Waals surface area (Å²) in [4.78, 5) is 40.0. The van der Waals surface area contributed by atoms with E-state index in [1.807, 2.05) is 48.2 Å². The summed E-state index contributed by atoms with van der Waals surface area (Å²) in [7, 11) is 1.74. The summed E-state index contributed by atoms with van der Waals surface area (Å²) in [5.41, 5.74) is 2.69. The van der Waals surface area contributed by atoms with E-state index in [0.717, 1.165) is 37.3 Å². The van der Waals surface area contributed by atoms with Gasteiger partial charge in [0.05, 0.1) is 5.69 Å². The number of pyridine rings is 1. The molecule has 2 N–H and O–H groups in total. The van der Waals surface area contributed by atoms with Gasteiger partial charge in [-0.25, -0.2) is 9.37 Å². The van der Waals surface area contributed by atoms with Crippen LogP contribution in [-0.4, -0.2) is 84.5 Å². The highest BCUT2D eigenvalue weighted by Crippen LogP contribution is 2.40. The van der Waals surface area contributed by atoms with E-state index in [9.17, 15) is 14.0 Å². The van der Waals surface area contributed by atoms with Crippen molar-refractivity contribution in [1.29, 1.82) is 0 Å². The number of amides is 2. The molecular weight excluding hydrogens is 581 g/mol. The molecule has 7 rings (SSSR count). The first-order valence-electron chi connectivity index (χ1n) is 16.8. The average molecular weight is 626 g/mol. The average Bonchev–Trinajstić information content (AvgIpc) is 3.89. The molecule has 3 heterocycles. The van der Waals surface area contributed by atoms with Gasteiger partial charge < -0.3 is 25.3 Å². The molecule has 2 saturated carbocycles. The van der Waals surface area contributed by atoms with Crippen molar-refractivity contribution in [3.05, 3.63) is 72.0 Å². The van der Waals surface area contributed by atoms with Crippen LogP contribution in [0, 0.1) is 11.7 Å². The summed E-state index contributed by atoms with van der Waals surface area (Å²) in [5.74, 6) is 1.65. The van der Waals surface area contributed by atoms with E-state index in [1.165, 1.54) is 57.7 Å². The number of nitrogens with one attached hydrogen (secondary N) is 2. The lowest BCUT2D eigenvalue weighted by molar-refractivity contribution is -0.119. The second-order valence-corrected chi connectivity index (χ2v) is 13.4. The maximum atomic E-state index is 13.7. The monoisotopic (exact) mass is 625 g/mol. The molecule has 4 aliphatic rings. The maximum absolute atomic E-state index is 13.7. The third-order valence-electron chi connectivity index (χ3n) is 10.2. The highest BCUT2D eigenvalue weighted by molar-refractivity contribution is 6.06. The second-order valence-electron chi connectivity index (χ2n) is 13.4. The molecule has 9 nitrogen and oxygen atoms in total. The van der Waals surface area contributed by atoms with Crippen molar-refractivity contribution in [3.8, 4) is 0 Å². The van der Waals surface area contributed by atoms with E-state index in [-0.39, 0.29) is 23.7 Å². The van der Waals surface area contributed by atoms with Crippen LogP contribution >= 0.6 is 0 Å². The minimum atomic E-state index is -0.519. The van der Waals surface area contributed by atoms with Crippen LogP contribution in [0.3, 0.4) is 0 Å². The Labute approximate surface area is 270 Å². The number of carbonyl (C=O) groups is 2. The van der Waals surface area contributed by atoms with Crippen molar-refractivity contribution in [2.24, 2.45) is 5.92 Å². The van der Waals surface area contributed by atoms with Gasteiger partial charge in [0.25, 0.3) is 5.91 Å². The zero-order chi connectivity index (χ0) is 31.8. The predicted molar refractivity (Wildman–Crippen MR) is 180 cm³/mol. The van der Waals surface area contributed by atoms with Crippen LogP contribution in [0.25, 0.3) is 0 Å². The van der Waals surface area contributed by atoms with Gasteiger partial charge in [0, 0.05) is 68.8 Å². The van der Waals surface area contributed by atoms with Gasteiger partial charge in [-0.1, -0.05) is 6.07 Å². The standard InChI is InChI=1S/C36H44FN7O2/c1-24-36(46)41(2)32-16-17-33(40-34(32)44(24)31-12-8-27(37)9-13-31)38-29-5-3-4-26(22-29)35(45)39-28-10-14-30(15-11-28)43-20-18-42(19-21-43)23-25-6-7-25/h3-5,8-9,12-13,16-17,22,24-25,28,30H,6-7,10-11,14-15,18-21,23H2,1-2H3,(H,38,40)(H,39,45)/t24-,28?,30?/m1/s1. The lowest BCUT2D eigenvalue weighted by Gasteiger charge is -2.42. The molecule has 2 aliphatic carbocycles. The summed E-state index contributed by atoms with van der Waals surface area (Å²) >= 11 is 0. The maximum Gasteiger partial charge on any atom is 0.251 e. The Morgan fingerprint density at radius 2 is 1.67 bits per heavy atom. The number of nitrogens with zero attached hydrogens (tertiary/aromatic N) is 5. The van der Waals surface area contributed by atoms with Crippen LogP contribution < -0.4 is 20.4 Å². The molecule has 3 fully saturated rings. The molecule has 1 atom stereocenters. The molecule has 0 spiro atoms. The van der Waals surface area contributed by atoms with Crippen molar-refractivity contribution in [3.63, 3.8) is 0 Å². The molecule has 1 aromatic heterocycles. The van der Waals surface area contributed by atoms with E-state index in [0.29, 0.717) is 34.6 Å². The third kappa shape index (κ3) is 6.59. The molecule has 242 valence electrons. The minimum Gasteiger partial charge on any atom is -0.349 e. The number of carbonyl (C=O) groups excluding carboxylic acids is 2. The molecule has 2 aliphatic heterocycles. The Bertz CT molecular complexity index is 1560. The van der Waals surface area contributed by atoms with E-state index >= 15 is 0 Å². The van der Waals surface area contributed by atoms with Gasteiger partial charge >= 0.3 is 0 Å². The van der Waals surface area contributed by atoms with Gasteiger partial charge in [0.15, 0.2) is 5.82 Å². The number of hydrogen-bond donors (Lipinski definition) is 2. The van der Waals surface area contributed by atoms with Crippen LogP contribution in [0.15, 0.2) is 60.7 Å². The van der Waals surface area contributed by atoms with E-state index in [2.05, 4.69) is 20.4 Å². The van der Waals surface area contributed by atoms with Crippen LogP contribution in [0.1, 0.15) is 55.8 Å². The minimum absolute atomic E-state index is 0.0596. The molecule has 2 amide bonds. The number of rotatable bonds is 8. The normalized spacial score (nSPS) is 24.1. The van der Waals surface area contributed by atoms with E-state index < -0.39 is 6.04 Å². The molecule has 3 aromatic rings. The molecule has 46 heavy (non-hydrogen) atoms. The topological polar surface area (TPSA) is 84.0 Å². The highest BCUT2D eigenvalue weighted by atomic mass is 19.1. The number of anilines is 5. The van der Waals surface area contributed by atoms with Crippen molar-refractivity contribution < 1.29 is 14.0 Å². The number of aromatic nitrogens is 1. The van der Waals surface area contributed by atoms with Gasteiger partial charge in [0.2, 0.25) is 5.91 Å². The molecule has 1 saturated heterocycles. The Hall–Kier alpha value is -4.02. The number of likely N-dealkylation sites (N-methyl/N-ethyl adjacent to an activating group) is 1. The van der Waals surface area contributed by atoms with Crippen molar-refractivity contribution in [2.45, 2.75) is 63.6 Å². The first-order valence-corrected chi connectivity index (χ1v) is 16.8. The van der Waals surface area contributed by atoms with Crippen LogP contribution in [0.5, 0.6) is 0 Å². The molecule has 10 heteroatoms. The second kappa shape index (κ2) is 13.0. The van der Waals surface area contributed by atoms with Crippen molar-refractivity contribution in [1.82, 2.24) is 20.1 Å². The smallest absolute Gasteiger partial charge is 0.251 e. The van der Waals surface area contributed by atoms with E-state index in [1.54, 1.807) is 24.1 Å². The molecule has 0 bridgehead atoms. The SMILES string of the molecule is C[C@@H]1C(=O)N(C)c2ccc(Nc3cccc(C(=O)NC4CCC(N5CCN(CC6CC6)CC5)CC4)c3)nc2N1c1ccc(F)cc1. The number of piperazine rings is 1. The fourth-order valence-electron chi connectivity index (χ4n) is 7.31. The first-order chi connectivity index (χ1) is 22.3. The lowest BCUT2D eigenvalue weighted by atomic mass is 9.89. The van der Waals surface area contributed by atoms with Crippen LogP contribution in [-0.2, 0) is 4.79 Å². The Morgan fingerprint density at radius 3 is 2.39 bits per heavy atom. The summed E-state index contributed by atoms with van der Waals surface area (Å²) in [5, 5.41) is 6.63. The Balaban J connectivity index is 0.974. The van der Waals surface area contributed by atoms with Gasteiger partial charge in [-0.15, -0.1) is 0 Å². The van der Waals surface area contributed by atoms with Gasteiger partial charge in [-0.2, -0.15) is 0 Å². The first kappa shape index (κ1) is 30.6.